The second kappa shape index (κ2) is 6.65. The molecule has 106 valence electrons. The number of aryl methyl sites for hydroxylation is 1. The average molecular weight is 373 g/mol. The minimum atomic E-state index is -0.370. The van der Waals surface area contributed by atoms with Crippen LogP contribution in [0.3, 0.4) is 0 Å². The Labute approximate surface area is 135 Å². The number of hydrogen-bond acceptors (Lipinski definition) is 3. The molecular formula is C14H14BrFN2S2. The third-order valence-corrected chi connectivity index (χ3v) is 4.96. The fraction of sp³-hybridized carbons (Fsp3) is 0.214. The first kappa shape index (κ1) is 15.4. The second-order valence-corrected chi connectivity index (χ2v) is 6.46. The highest BCUT2D eigenvalue weighted by Crippen LogP contribution is 2.28. The molecule has 1 aromatic carbocycles. The Morgan fingerprint density at radius 3 is 2.85 bits per heavy atom. The number of hydrogen-bond donors (Lipinski definition) is 2. The fourth-order valence-electron chi connectivity index (χ4n) is 1.89. The zero-order valence-electron chi connectivity index (χ0n) is 10.9. The summed E-state index contributed by atoms with van der Waals surface area (Å²) in [6.07, 6.45) is 0.979. The fourth-order valence-corrected chi connectivity index (χ4v) is 3.67. The van der Waals surface area contributed by atoms with Crippen molar-refractivity contribution in [3.8, 4) is 0 Å². The van der Waals surface area contributed by atoms with Gasteiger partial charge >= 0.3 is 0 Å². The first-order valence-corrected chi connectivity index (χ1v) is 8.19. The lowest BCUT2D eigenvalue weighted by Crippen LogP contribution is -2.12. The van der Waals surface area contributed by atoms with Crippen LogP contribution in [0.4, 0.5) is 10.1 Å². The highest BCUT2D eigenvalue weighted by Gasteiger charge is 2.13. The Morgan fingerprint density at radius 2 is 2.20 bits per heavy atom. The van der Waals surface area contributed by atoms with E-state index >= 15 is 0 Å². The molecule has 6 heteroatoms. The van der Waals surface area contributed by atoms with Gasteiger partial charge in [-0.1, -0.05) is 19.1 Å². The molecule has 0 spiro atoms. The van der Waals surface area contributed by atoms with Gasteiger partial charge in [-0.25, -0.2) is 4.39 Å². The van der Waals surface area contributed by atoms with E-state index in [0.717, 1.165) is 6.42 Å². The van der Waals surface area contributed by atoms with E-state index in [-0.39, 0.29) is 10.8 Å². The Hall–Kier alpha value is -0.980. The lowest BCUT2D eigenvalue weighted by molar-refractivity contribution is 0.623. The highest BCUT2D eigenvalue weighted by molar-refractivity contribution is 9.10. The monoisotopic (exact) mass is 372 g/mol. The average Bonchev–Trinajstić information content (AvgIpc) is 2.87. The van der Waals surface area contributed by atoms with E-state index in [0.29, 0.717) is 22.3 Å². The van der Waals surface area contributed by atoms with E-state index < -0.39 is 0 Å². The predicted octanol–water partition coefficient (Wildman–Crippen LogP) is 4.46. The zero-order chi connectivity index (χ0) is 14.7. The number of rotatable bonds is 5. The van der Waals surface area contributed by atoms with Gasteiger partial charge in [-0.05, 0) is 51.5 Å². The molecule has 0 unspecified atom stereocenters. The maximum absolute atomic E-state index is 14.2. The van der Waals surface area contributed by atoms with Crippen molar-refractivity contribution in [2.24, 2.45) is 5.73 Å². The molecular weight excluding hydrogens is 359 g/mol. The Morgan fingerprint density at radius 1 is 1.45 bits per heavy atom. The van der Waals surface area contributed by atoms with E-state index in [9.17, 15) is 4.39 Å². The van der Waals surface area contributed by atoms with Crippen LogP contribution in [0.15, 0.2) is 28.1 Å². The minimum absolute atomic E-state index is 0.175. The number of nitrogens with one attached hydrogen (secondary N) is 1. The molecule has 2 rings (SSSR count). The zero-order valence-corrected chi connectivity index (χ0v) is 14.1. The van der Waals surface area contributed by atoms with Crippen molar-refractivity contribution in [2.45, 2.75) is 19.9 Å². The van der Waals surface area contributed by atoms with Gasteiger partial charge in [-0.2, -0.15) is 0 Å². The van der Waals surface area contributed by atoms with Gasteiger partial charge in [-0.3, -0.25) is 0 Å². The summed E-state index contributed by atoms with van der Waals surface area (Å²) in [4.78, 5) is 1.40. The number of nitrogens with two attached hydrogens (primary N) is 1. The van der Waals surface area contributed by atoms with Crippen LogP contribution in [0.2, 0.25) is 0 Å². The van der Waals surface area contributed by atoms with Crippen LogP contribution in [0.1, 0.15) is 22.9 Å². The van der Waals surface area contributed by atoms with E-state index in [4.69, 9.17) is 18.0 Å². The lowest BCUT2D eigenvalue weighted by Gasteiger charge is -2.11. The smallest absolute Gasteiger partial charge is 0.161 e. The van der Waals surface area contributed by atoms with Crippen LogP contribution in [0.25, 0.3) is 0 Å². The Kier molecular flexibility index (Phi) is 5.12. The quantitative estimate of drug-likeness (QED) is 0.760. The van der Waals surface area contributed by atoms with Crippen molar-refractivity contribution in [1.29, 1.82) is 0 Å². The highest BCUT2D eigenvalue weighted by atomic mass is 79.9. The SMILES string of the molecule is CCc1ccsc1CNc1ccc(C(N)=S)c(Br)c1F. The maximum atomic E-state index is 14.2. The van der Waals surface area contributed by atoms with E-state index in [1.54, 1.807) is 23.5 Å². The molecule has 0 aliphatic carbocycles. The standard InChI is InChI=1S/C14H14BrFN2S2/c1-2-8-5-6-20-11(8)7-18-10-4-3-9(14(17)19)12(15)13(10)16/h3-6,18H,2,7H2,1H3,(H2,17,19). The number of anilines is 1. The summed E-state index contributed by atoms with van der Waals surface area (Å²) in [7, 11) is 0. The van der Waals surface area contributed by atoms with E-state index in [1.807, 2.05) is 0 Å². The van der Waals surface area contributed by atoms with Gasteiger partial charge in [-0.15, -0.1) is 11.3 Å². The molecule has 0 aliphatic heterocycles. The van der Waals surface area contributed by atoms with Crippen LogP contribution in [-0.2, 0) is 13.0 Å². The van der Waals surface area contributed by atoms with Crippen molar-refractivity contribution >= 4 is 50.2 Å². The third-order valence-electron chi connectivity index (χ3n) is 3.01. The molecule has 3 N–H and O–H groups in total. The first-order valence-electron chi connectivity index (χ1n) is 6.11. The first-order chi connectivity index (χ1) is 9.54. The van der Waals surface area contributed by atoms with Gasteiger partial charge in [0.15, 0.2) is 5.82 Å². The molecule has 2 nitrogen and oxygen atoms in total. The summed E-state index contributed by atoms with van der Waals surface area (Å²) in [5.74, 6) is -0.370. The predicted molar refractivity (Wildman–Crippen MR) is 91.0 cm³/mol. The van der Waals surface area contributed by atoms with Crippen LogP contribution < -0.4 is 11.1 Å². The summed E-state index contributed by atoms with van der Waals surface area (Å²) in [6.45, 7) is 2.72. The van der Waals surface area contributed by atoms with Crippen molar-refractivity contribution in [3.63, 3.8) is 0 Å². The maximum Gasteiger partial charge on any atom is 0.161 e. The Bertz CT molecular complexity index is 640. The molecule has 1 aromatic heterocycles. The molecule has 0 saturated carbocycles. The van der Waals surface area contributed by atoms with Gasteiger partial charge in [0.1, 0.15) is 4.99 Å². The molecule has 0 saturated heterocycles. The largest absolute Gasteiger partial charge is 0.389 e. The minimum Gasteiger partial charge on any atom is -0.389 e. The van der Waals surface area contributed by atoms with Gasteiger partial charge in [0, 0.05) is 17.0 Å². The van der Waals surface area contributed by atoms with Crippen molar-refractivity contribution in [1.82, 2.24) is 0 Å². The summed E-state index contributed by atoms with van der Waals surface area (Å²) in [6, 6.07) is 5.48. The summed E-state index contributed by atoms with van der Waals surface area (Å²) in [5.41, 5.74) is 7.78. The Balaban J connectivity index is 2.19. The molecule has 20 heavy (non-hydrogen) atoms. The molecule has 1 heterocycles. The van der Waals surface area contributed by atoms with Crippen molar-refractivity contribution < 1.29 is 4.39 Å². The molecule has 0 aliphatic rings. The topological polar surface area (TPSA) is 38.0 Å². The molecule has 2 aromatic rings. The lowest BCUT2D eigenvalue weighted by atomic mass is 10.2. The van der Waals surface area contributed by atoms with E-state index in [1.165, 1.54) is 10.4 Å². The summed E-state index contributed by atoms with van der Waals surface area (Å²) >= 11 is 9.75. The normalized spacial score (nSPS) is 10.6. The van der Waals surface area contributed by atoms with Crippen molar-refractivity contribution in [2.75, 3.05) is 5.32 Å². The number of benzene rings is 1. The van der Waals surface area contributed by atoms with Crippen LogP contribution >= 0.6 is 39.5 Å². The van der Waals surface area contributed by atoms with Crippen LogP contribution in [0.5, 0.6) is 0 Å². The van der Waals surface area contributed by atoms with Crippen LogP contribution in [-0.4, -0.2) is 4.99 Å². The van der Waals surface area contributed by atoms with Gasteiger partial charge < -0.3 is 11.1 Å². The number of halogens is 2. The van der Waals surface area contributed by atoms with Gasteiger partial charge in [0.2, 0.25) is 0 Å². The molecule has 0 bridgehead atoms. The van der Waals surface area contributed by atoms with Crippen molar-refractivity contribution in [3.05, 3.63) is 49.9 Å². The molecule has 0 atom stereocenters. The van der Waals surface area contributed by atoms with Gasteiger partial charge in [0.05, 0.1) is 10.2 Å². The molecule has 0 amide bonds. The summed E-state index contributed by atoms with van der Waals surface area (Å²) < 4.78 is 14.5. The third kappa shape index (κ3) is 3.19. The van der Waals surface area contributed by atoms with Gasteiger partial charge in [0.25, 0.3) is 0 Å². The molecule has 0 radical (unpaired) electrons. The summed E-state index contributed by atoms with van der Waals surface area (Å²) in [5, 5.41) is 5.17. The number of thiocarbonyl (C=S) groups is 1. The second-order valence-electron chi connectivity index (χ2n) is 4.23. The van der Waals surface area contributed by atoms with Crippen LogP contribution in [0, 0.1) is 5.82 Å². The van der Waals surface area contributed by atoms with E-state index in [2.05, 4.69) is 39.6 Å². The number of thiophene rings is 1. The molecule has 0 fully saturated rings.